The maximum absolute atomic E-state index is 12.9. The standard InChI is InChI=1S/C25H36N2O6/c1-25(2,17-23(29)30)16-22(28)26-13-9-18(10-14-26)33-19-7-8-20(21(15-19)32-3)24(31)27-11-5-4-6-12-27/h7-8,15,18H,4-6,9-14,16-17H2,1-3H3,(H,29,30). The van der Waals surface area contributed by atoms with E-state index in [-0.39, 0.29) is 30.8 Å². The smallest absolute Gasteiger partial charge is 0.303 e. The fourth-order valence-corrected chi connectivity index (χ4v) is 4.60. The molecule has 182 valence electrons. The Balaban J connectivity index is 1.54. The number of amides is 2. The number of methoxy groups -OCH3 is 1. The number of carbonyl (C=O) groups excluding carboxylic acids is 2. The molecule has 2 fully saturated rings. The van der Waals surface area contributed by atoms with E-state index in [9.17, 15) is 14.4 Å². The number of carbonyl (C=O) groups is 3. The van der Waals surface area contributed by atoms with Gasteiger partial charge in [0.25, 0.3) is 5.91 Å². The minimum Gasteiger partial charge on any atom is -0.496 e. The summed E-state index contributed by atoms with van der Waals surface area (Å²) < 4.78 is 11.6. The summed E-state index contributed by atoms with van der Waals surface area (Å²) in [6, 6.07) is 5.35. The molecular weight excluding hydrogens is 424 g/mol. The van der Waals surface area contributed by atoms with Gasteiger partial charge in [0, 0.05) is 51.5 Å². The van der Waals surface area contributed by atoms with Crippen LogP contribution in [0.15, 0.2) is 18.2 Å². The van der Waals surface area contributed by atoms with Gasteiger partial charge in [0.2, 0.25) is 5.91 Å². The number of ether oxygens (including phenoxy) is 2. The molecule has 1 aromatic rings. The summed E-state index contributed by atoms with van der Waals surface area (Å²) in [4.78, 5) is 40.2. The maximum Gasteiger partial charge on any atom is 0.303 e. The van der Waals surface area contributed by atoms with Gasteiger partial charge >= 0.3 is 5.97 Å². The Labute approximate surface area is 195 Å². The van der Waals surface area contributed by atoms with Gasteiger partial charge < -0.3 is 24.4 Å². The largest absolute Gasteiger partial charge is 0.496 e. The van der Waals surface area contributed by atoms with E-state index in [0.29, 0.717) is 43.0 Å². The second-order valence-corrected chi connectivity index (χ2v) is 9.82. The zero-order valence-electron chi connectivity index (χ0n) is 20.0. The number of aliphatic carboxylic acids is 1. The normalized spacial score (nSPS) is 17.5. The molecule has 1 N–H and O–H groups in total. The van der Waals surface area contributed by atoms with Gasteiger partial charge in [0.15, 0.2) is 0 Å². The lowest BCUT2D eigenvalue weighted by molar-refractivity contribution is -0.141. The highest BCUT2D eigenvalue weighted by Crippen LogP contribution is 2.30. The fourth-order valence-electron chi connectivity index (χ4n) is 4.60. The number of hydrogen-bond donors (Lipinski definition) is 1. The zero-order valence-corrected chi connectivity index (χ0v) is 20.0. The molecule has 33 heavy (non-hydrogen) atoms. The van der Waals surface area contributed by atoms with Crippen LogP contribution in [-0.4, -0.2) is 72.1 Å². The van der Waals surface area contributed by atoms with Crippen LogP contribution in [-0.2, 0) is 9.59 Å². The number of likely N-dealkylation sites (tertiary alicyclic amines) is 2. The van der Waals surface area contributed by atoms with Crippen molar-refractivity contribution in [2.45, 2.75) is 64.9 Å². The molecule has 0 atom stereocenters. The minimum atomic E-state index is -0.890. The van der Waals surface area contributed by atoms with Gasteiger partial charge in [-0.15, -0.1) is 0 Å². The highest BCUT2D eigenvalue weighted by atomic mass is 16.5. The van der Waals surface area contributed by atoms with Crippen LogP contribution in [0.5, 0.6) is 11.5 Å². The van der Waals surface area contributed by atoms with Crippen molar-refractivity contribution >= 4 is 17.8 Å². The van der Waals surface area contributed by atoms with E-state index >= 15 is 0 Å². The molecule has 0 unspecified atom stereocenters. The number of carboxylic acid groups (broad SMARTS) is 1. The van der Waals surface area contributed by atoms with Gasteiger partial charge in [-0.05, 0) is 36.8 Å². The Morgan fingerprint density at radius 2 is 1.67 bits per heavy atom. The summed E-state index contributed by atoms with van der Waals surface area (Å²) in [5.41, 5.74) is -0.0173. The maximum atomic E-state index is 12.9. The number of benzene rings is 1. The van der Waals surface area contributed by atoms with E-state index in [2.05, 4.69) is 0 Å². The quantitative estimate of drug-likeness (QED) is 0.637. The van der Waals surface area contributed by atoms with E-state index < -0.39 is 11.4 Å². The van der Waals surface area contributed by atoms with Gasteiger partial charge in [-0.25, -0.2) is 0 Å². The van der Waals surface area contributed by atoms with Crippen molar-refractivity contribution in [3.63, 3.8) is 0 Å². The Morgan fingerprint density at radius 3 is 2.27 bits per heavy atom. The van der Waals surface area contributed by atoms with Crippen molar-refractivity contribution in [1.29, 1.82) is 0 Å². The number of hydrogen-bond acceptors (Lipinski definition) is 5. The zero-order chi connectivity index (χ0) is 24.0. The molecule has 3 rings (SSSR count). The van der Waals surface area contributed by atoms with Crippen molar-refractivity contribution < 1.29 is 29.0 Å². The van der Waals surface area contributed by atoms with E-state index in [1.165, 1.54) is 0 Å². The van der Waals surface area contributed by atoms with Gasteiger partial charge in [-0.2, -0.15) is 0 Å². The first-order valence-corrected chi connectivity index (χ1v) is 11.8. The summed E-state index contributed by atoms with van der Waals surface area (Å²) in [5, 5.41) is 9.03. The van der Waals surface area contributed by atoms with Crippen LogP contribution < -0.4 is 9.47 Å². The number of carboxylic acids is 1. The van der Waals surface area contributed by atoms with E-state index in [0.717, 1.165) is 32.4 Å². The Hall–Kier alpha value is -2.77. The molecule has 2 aliphatic heterocycles. The average molecular weight is 461 g/mol. The van der Waals surface area contributed by atoms with E-state index in [4.69, 9.17) is 14.6 Å². The number of rotatable bonds is 8. The molecule has 0 aromatic heterocycles. The lowest BCUT2D eigenvalue weighted by Crippen LogP contribution is -2.43. The molecule has 2 amide bonds. The van der Waals surface area contributed by atoms with Crippen LogP contribution in [0.25, 0.3) is 0 Å². The van der Waals surface area contributed by atoms with Crippen molar-refractivity contribution in [2.24, 2.45) is 5.41 Å². The molecule has 0 spiro atoms. The summed E-state index contributed by atoms with van der Waals surface area (Å²) in [5.74, 6) is 0.252. The minimum absolute atomic E-state index is 0.00394. The number of nitrogens with zero attached hydrogens (tertiary/aromatic N) is 2. The van der Waals surface area contributed by atoms with Gasteiger partial charge in [-0.3, -0.25) is 14.4 Å². The predicted octanol–water partition coefficient (Wildman–Crippen LogP) is 3.58. The van der Waals surface area contributed by atoms with Crippen molar-refractivity contribution in [3.05, 3.63) is 23.8 Å². The SMILES string of the molecule is COc1cc(OC2CCN(C(=O)CC(C)(C)CC(=O)O)CC2)ccc1C(=O)N1CCCCC1. The third-order valence-corrected chi connectivity index (χ3v) is 6.40. The monoisotopic (exact) mass is 460 g/mol. The first kappa shape index (κ1) is 24.9. The van der Waals surface area contributed by atoms with Crippen molar-refractivity contribution in [1.82, 2.24) is 9.80 Å². The van der Waals surface area contributed by atoms with Crippen LogP contribution >= 0.6 is 0 Å². The highest BCUT2D eigenvalue weighted by Gasteiger charge is 2.30. The molecule has 8 heteroatoms. The average Bonchev–Trinajstić information content (AvgIpc) is 2.78. The molecule has 8 nitrogen and oxygen atoms in total. The summed E-state index contributed by atoms with van der Waals surface area (Å²) in [6.45, 7) is 6.34. The van der Waals surface area contributed by atoms with Crippen molar-refractivity contribution in [2.75, 3.05) is 33.3 Å². The summed E-state index contributed by atoms with van der Waals surface area (Å²) in [6.07, 6.45) is 4.78. The molecule has 1 aromatic carbocycles. The van der Waals surface area contributed by atoms with Crippen LogP contribution in [0.4, 0.5) is 0 Å². The van der Waals surface area contributed by atoms with Crippen LogP contribution in [0.2, 0.25) is 0 Å². The highest BCUT2D eigenvalue weighted by molar-refractivity contribution is 5.97. The fraction of sp³-hybridized carbons (Fsp3) is 0.640. The Morgan fingerprint density at radius 1 is 1.00 bits per heavy atom. The molecule has 0 saturated carbocycles. The van der Waals surface area contributed by atoms with E-state index in [1.54, 1.807) is 24.1 Å². The second-order valence-electron chi connectivity index (χ2n) is 9.82. The molecule has 0 aliphatic carbocycles. The molecular formula is C25H36N2O6. The van der Waals surface area contributed by atoms with Crippen molar-refractivity contribution in [3.8, 4) is 11.5 Å². The third-order valence-electron chi connectivity index (χ3n) is 6.40. The third kappa shape index (κ3) is 6.85. The topological polar surface area (TPSA) is 96.4 Å². The van der Waals surface area contributed by atoms with Gasteiger partial charge in [-0.1, -0.05) is 13.8 Å². The van der Waals surface area contributed by atoms with Crippen LogP contribution in [0, 0.1) is 5.41 Å². The lowest BCUT2D eigenvalue weighted by atomic mass is 9.85. The summed E-state index contributed by atoms with van der Waals surface area (Å²) >= 11 is 0. The molecule has 2 aliphatic rings. The number of piperidine rings is 2. The van der Waals surface area contributed by atoms with Gasteiger partial charge in [0.1, 0.15) is 17.6 Å². The molecule has 2 heterocycles. The van der Waals surface area contributed by atoms with Crippen LogP contribution in [0.1, 0.15) is 69.2 Å². The second kappa shape index (κ2) is 10.9. The molecule has 2 saturated heterocycles. The predicted molar refractivity (Wildman–Crippen MR) is 124 cm³/mol. The first-order valence-electron chi connectivity index (χ1n) is 11.8. The Bertz CT molecular complexity index is 854. The van der Waals surface area contributed by atoms with E-state index in [1.807, 2.05) is 24.8 Å². The van der Waals surface area contributed by atoms with Crippen LogP contribution in [0.3, 0.4) is 0 Å². The van der Waals surface area contributed by atoms with Gasteiger partial charge in [0.05, 0.1) is 19.1 Å². The molecule has 0 radical (unpaired) electrons. The first-order chi connectivity index (χ1) is 15.7. The molecule has 0 bridgehead atoms. The lowest BCUT2D eigenvalue weighted by Gasteiger charge is -2.34. The Kier molecular flexibility index (Phi) is 8.21. The summed E-state index contributed by atoms with van der Waals surface area (Å²) in [7, 11) is 1.56.